The molecule has 0 saturated carbocycles. The molecular weight excluding hydrogens is 252 g/mol. The van der Waals surface area contributed by atoms with Crippen molar-refractivity contribution in [3.05, 3.63) is 29.8 Å². The lowest BCUT2D eigenvalue weighted by molar-refractivity contribution is -0.114. The summed E-state index contributed by atoms with van der Waals surface area (Å²) in [6.45, 7) is 5.37. The van der Waals surface area contributed by atoms with Crippen molar-refractivity contribution in [3.63, 3.8) is 0 Å². The van der Waals surface area contributed by atoms with Crippen LogP contribution >= 0.6 is 0 Å². The van der Waals surface area contributed by atoms with Crippen molar-refractivity contribution in [3.8, 4) is 0 Å². The Kier molecular flexibility index (Phi) is 7.17. The van der Waals surface area contributed by atoms with Gasteiger partial charge in [-0.25, -0.2) is 0 Å². The number of amides is 1. The van der Waals surface area contributed by atoms with E-state index in [1.165, 1.54) is 12.5 Å². The summed E-state index contributed by atoms with van der Waals surface area (Å²) in [6.07, 6.45) is 1.98. The number of nitrogens with one attached hydrogen (secondary N) is 3. The molecule has 0 atom stereocenters. The Morgan fingerprint density at radius 2 is 1.80 bits per heavy atom. The highest BCUT2D eigenvalue weighted by Gasteiger charge is 1.98. The van der Waals surface area contributed by atoms with Gasteiger partial charge in [0.15, 0.2) is 5.96 Å². The SMILES string of the molecule is CCCNC(=NC)NCCc1ccc(NC(C)=O)cc1. The van der Waals surface area contributed by atoms with Gasteiger partial charge in [-0.15, -0.1) is 0 Å². The number of benzene rings is 1. The van der Waals surface area contributed by atoms with Gasteiger partial charge < -0.3 is 16.0 Å². The largest absolute Gasteiger partial charge is 0.356 e. The molecule has 0 saturated heterocycles. The fourth-order valence-corrected chi connectivity index (χ4v) is 1.75. The summed E-state index contributed by atoms with van der Waals surface area (Å²) >= 11 is 0. The lowest BCUT2D eigenvalue weighted by Crippen LogP contribution is -2.38. The predicted octanol–water partition coefficient (Wildman–Crippen LogP) is 1.76. The first-order valence-corrected chi connectivity index (χ1v) is 6.96. The van der Waals surface area contributed by atoms with Crippen LogP contribution in [-0.4, -0.2) is 32.0 Å². The molecule has 0 aliphatic heterocycles. The average Bonchev–Trinajstić information content (AvgIpc) is 2.44. The second-order valence-electron chi connectivity index (χ2n) is 4.55. The molecule has 1 rings (SSSR count). The van der Waals surface area contributed by atoms with Crippen LogP contribution in [0.4, 0.5) is 5.69 Å². The zero-order valence-corrected chi connectivity index (χ0v) is 12.5. The van der Waals surface area contributed by atoms with E-state index in [4.69, 9.17) is 0 Å². The number of aliphatic imine (C=N–C) groups is 1. The molecule has 20 heavy (non-hydrogen) atoms. The van der Waals surface area contributed by atoms with E-state index in [1.807, 2.05) is 24.3 Å². The standard InChI is InChI=1S/C15H24N4O/c1-4-10-17-15(16-3)18-11-9-13-5-7-14(8-6-13)19-12(2)20/h5-8H,4,9-11H2,1-3H3,(H,19,20)(H2,16,17,18). The third-order valence-corrected chi connectivity index (χ3v) is 2.75. The summed E-state index contributed by atoms with van der Waals surface area (Å²) in [6, 6.07) is 7.88. The molecule has 1 aromatic carbocycles. The highest BCUT2D eigenvalue weighted by Crippen LogP contribution is 2.09. The van der Waals surface area contributed by atoms with Gasteiger partial charge in [0.25, 0.3) is 0 Å². The molecule has 5 nitrogen and oxygen atoms in total. The van der Waals surface area contributed by atoms with E-state index in [0.29, 0.717) is 0 Å². The summed E-state index contributed by atoms with van der Waals surface area (Å²) in [5.41, 5.74) is 2.05. The minimum atomic E-state index is -0.0507. The fraction of sp³-hybridized carbons (Fsp3) is 0.467. The second kappa shape index (κ2) is 8.96. The minimum Gasteiger partial charge on any atom is -0.356 e. The van der Waals surface area contributed by atoms with Crippen molar-refractivity contribution >= 4 is 17.6 Å². The maximum absolute atomic E-state index is 10.9. The smallest absolute Gasteiger partial charge is 0.221 e. The summed E-state index contributed by atoms with van der Waals surface area (Å²) in [7, 11) is 1.77. The molecule has 0 aliphatic rings. The Morgan fingerprint density at radius 1 is 1.15 bits per heavy atom. The molecule has 0 radical (unpaired) electrons. The zero-order valence-electron chi connectivity index (χ0n) is 12.5. The van der Waals surface area contributed by atoms with Crippen molar-refractivity contribution in [2.24, 2.45) is 4.99 Å². The molecular formula is C15H24N4O. The molecule has 0 heterocycles. The van der Waals surface area contributed by atoms with E-state index in [0.717, 1.165) is 37.6 Å². The summed E-state index contributed by atoms with van der Waals surface area (Å²) < 4.78 is 0. The van der Waals surface area contributed by atoms with Gasteiger partial charge in [0.1, 0.15) is 0 Å². The van der Waals surface area contributed by atoms with E-state index in [1.54, 1.807) is 7.05 Å². The van der Waals surface area contributed by atoms with Crippen LogP contribution < -0.4 is 16.0 Å². The Bertz CT molecular complexity index is 440. The lowest BCUT2D eigenvalue weighted by Gasteiger charge is -2.11. The molecule has 1 amide bonds. The zero-order chi connectivity index (χ0) is 14.8. The molecule has 0 fully saturated rings. The van der Waals surface area contributed by atoms with Crippen LogP contribution in [0.5, 0.6) is 0 Å². The summed E-state index contributed by atoms with van der Waals surface area (Å²) in [5, 5.41) is 9.25. The number of guanidine groups is 1. The van der Waals surface area contributed by atoms with Crippen molar-refractivity contribution in [1.29, 1.82) is 0 Å². The monoisotopic (exact) mass is 276 g/mol. The van der Waals surface area contributed by atoms with Crippen molar-refractivity contribution in [2.45, 2.75) is 26.7 Å². The van der Waals surface area contributed by atoms with Crippen LogP contribution in [0.2, 0.25) is 0 Å². The Balaban J connectivity index is 2.36. The number of rotatable bonds is 6. The van der Waals surface area contributed by atoms with Crippen LogP contribution in [0.25, 0.3) is 0 Å². The highest BCUT2D eigenvalue weighted by molar-refractivity contribution is 5.88. The Labute approximate surface area is 120 Å². The van der Waals surface area contributed by atoms with Crippen LogP contribution in [0, 0.1) is 0 Å². The van der Waals surface area contributed by atoms with E-state index in [-0.39, 0.29) is 5.91 Å². The van der Waals surface area contributed by atoms with Crippen molar-refractivity contribution in [2.75, 3.05) is 25.5 Å². The molecule has 0 bridgehead atoms. The second-order valence-corrected chi connectivity index (χ2v) is 4.55. The summed E-state index contributed by atoms with van der Waals surface area (Å²) in [4.78, 5) is 15.1. The number of carbonyl (C=O) groups is 1. The maximum atomic E-state index is 10.9. The van der Waals surface area contributed by atoms with Crippen LogP contribution in [-0.2, 0) is 11.2 Å². The Morgan fingerprint density at radius 3 is 2.35 bits per heavy atom. The molecule has 0 spiro atoms. The first-order valence-electron chi connectivity index (χ1n) is 6.96. The average molecular weight is 276 g/mol. The van der Waals surface area contributed by atoms with Gasteiger partial charge in [0.2, 0.25) is 5.91 Å². The van der Waals surface area contributed by atoms with Crippen LogP contribution in [0.1, 0.15) is 25.8 Å². The number of anilines is 1. The van der Waals surface area contributed by atoms with Gasteiger partial charge in [-0.2, -0.15) is 0 Å². The van der Waals surface area contributed by atoms with Crippen molar-refractivity contribution in [1.82, 2.24) is 10.6 Å². The van der Waals surface area contributed by atoms with Gasteiger partial charge in [-0.1, -0.05) is 19.1 Å². The van der Waals surface area contributed by atoms with E-state index >= 15 is 0 Å². The van der Waals surface area contributed by atoms with Crippen molar-refractivity contribution < 1.29 is 4.79 Å². The number of carbonyl (C=O) groups excluding carboxylic acids is 1. The molecule has 110 valence electrons. The molecule has 0 aliphatic carbocycles. The van der Waals surface area contributed by atoms with Gasteiger partial charge in [0.05, 0.1) is 0 Å². The number of hydrogen-bond acceptors (Lipinski definition) is 2. The highest BCUT2D eigenvalue weighted by atomic mass is 16.1. The number of hydrogen-bond donors (Lipinski definition) is 3. The lowest BCUT2D eigenvalue weighted by atomic mass is 10.1. The molecule has 0 aromatic heterocycles. The first kappa shape index (κ1) is 16.0. The Hall–Kier alpha value is -2.04. The molecule has 1 aromatic rings. The molecule has 5 heteroatoms. The van der Waals surface area contributed by atoms with Crippen LogP contribution in [0.15, 0.2) is 29.3 Å². The van der Waals surface area contributed by atoms with E-state index in [9.17, 15) is 4.79 Å². The summed E-state index contributed by atoms with van der Waals surface area (Å²) in [5.74, 6) is 0.784. The van der Waals surface area contributed by atoms with E-state index in [2.05, 4.69) is 27.9 Å². The predicted molar refractivity (Wildman–Crippen MR) is 84.1 cm³/mol. The minimum absolute atomic E-state index is 0.0507. The van der Waals surface area contributed by atoms with Crippen LogP contribution in [0.3, 0.4) is 0 Å². The molecule has 3 N–H and O–H groups in total. The number of nitrogens with zero attached hydrogens (tertiary/aromatic N) is 1. The normalized spacial score (nSPS) is 11.1. The quantitative estimate of drug-likeness (QED) is 0.548. The first-order chi connectivity index (χ1) is 9.65. The fourth-order valence-electron chi connectivity index (χ4n) is 1.75. The topological polar surface area (TPSA) is 65.5 Å². The molecule has 0 unspecified atom stereocenters. The van der Waals surface area contributed by atoms with E-state index < -0.39 is 0 Å². The maximum Gasteiger partial charge on any atom is 0.221 e. The van der Waals surface area contributed by atoms with Gasteiger partial charge >= 0.3 is 0 Å². The third-order valence-electron chi connectivity index (χ3n) is 2.75. The van der Waals surface area contributed by atoms with Gasteiger partial charge in [-0.05, 0) is 30.5 Å². The van der Waals surface area contributed by atoms with Gasteiger partial charge in [0, 0.05) is 32.7 Å². The third kappa shape index (κ3) is 6.22. The van der Waals surface area contributed by atoms with Gasteiger partial charge in [-0.3, -0.25) is 9.79 Å².